The molecule has 0 saturated carbocycles. The first-order valence-corrected chi connectivity index (χ1v) is 8.21. The van der Waals surface area contributed by atoms with Crippen LogP contribution in [0.15, 0.2) is 30.3 Å². The molecule has 0 aliphatic heterocycles. The molecule has 0 atom stereocenters. The number of nitrogens with one attached hydrogen (secondary N) is 1. The number of amides is 1. The highest BCUT2D eigenvalue weighted by Gasteiger charge is 2.17. The van der Waals surface area contributed by atoms with E-state index < -0.39 is 5.97 Å². The Balaban J connectivity index is 2.17. The molecule has 0 bridgehead atoms. The second-order valence-electron chi connectivity index (χ2n) is 6.04. The highest BCUT2D eigenvalue weighted by molar-refractivity contribution is 5.96. The average Bonchev–Trinajstić information content (AvgIpc) is 2.60. The van der Waals surface area contributed by atoms with Crippen molar-refractivity contribution in [3.63, 3.8) is 0 Å². The molecule has 26 heavy (non-hydrogen) atoms. The topological polar surface area (TPSA) is 84.9 Å². The molecule has 0 heterocycles. The number of rotatable bonds is 7. The summed E-state index contributed by atoms with van der Waals surface area (Å²) in [4.78, 5) is 23.6. The minimum absolute atomic E-state index is 0.00679. The quantitative estimate of drug-likeness (QED) is 0.791. The number of hydrogen-bond acceptors (Lipinski definition) is 4. The van der Waals surface area contributed by atoms with Crippen molar-refractivity contribution in [2.24, 2.45) is 0 Å². The Bertz CT molecular complexity index is 829. The van der Waals surface area contributed by atoms with Crippen LogP contribution in [0.5, 0.6) is 11.5 Å². The molecule has 0 aliphatic rings. The first kappa shape index (κ1) is 19.3. The fourth-order valence-corrected chi connectivity index (χ4v) is 2.77. The lowest BCUT2D eigenvalue weighted by atomic mass is 10.0. The standard InChI is InChI=1S/C20H23NO5/c1-12-5-6-14(13(2)9-12)7-8-18(22)21-16-10-15(20(23)24)11-17(25-3)19(16)26-4/h5-6,9-11H,7-8H2,1-4H3,(H,21,22)(H,23,24). The second kappa shape index (κ2) is 8.38. The van der Waals surface area contributed by atoms with Crippen molar-refractivity contribution in [3.05, 3.63) is 52.6 Å². The van der Waals surface area contributed by atoms with Crippen LogP contribution in [0.1, 0.15) is 33.5 Å². The second-order valence-corrected chi connectivity index (χ2v) is 6.04. The number of carboxylic acid groups (broad SMARTS) is 1. The van der Waals surface area contributed by atoms with Gasteiger partial charge in [0.15, 0.2) is 11.5 Å². The summed E-state index contributed by atoms with van der Waals surface area (Å²) in [6.07, 6.45) is 0.864. The predicted molar refractivity (Wildman–Crippen MR) is 99.4 cm³/mol. The molecule has 0 saturated heterocycles. The SMILES string of the molecule is COc1cc(C(=O)O)cc(NC(=O)CCc2ccc(C)cc2C)c1OC. The van der Waals surface area contributed by atoms with E-state index in [9.17, 15) is 14.7 Å². The molecule has 0 unspecified atom stereocenters. The Hall–Kier alpha value is -3.02. The maximum atomic E-state index is 12.4. The van der Waals surface area contributed by atoms with Crippen LogP contribution < -0.4 is 14.8 Å². The number of ether oxygens (including phenoxy) is 2. The van der Waals surface area contributed by atoms with Gasteiger partial charge >= 0.3 is 5.97 Å². The van der Waals surface area contributed by atoms with Crippen molar-refractivity contribution in [2.75, 3.05) is 19.5 Å². The number of hydrogen-bond donors (Lipinski definition) is 2. The van der Waals surface area contributed by atoms with E-state index in [0.717, 1.165) is 11.1 Å². The summed E-state index contributed by atoms with van der Waals surface area (Å²) in [7, 11) is 2.85. The Kier molecular flexibility index (Phi) is 6.22. The van der Waals surface area contributed by atoms with E-state index in [1.165, 1.54) is 31.9 Å². The van der Waals surface area contributed by atoms with E-state index in [-0.39, 0.29) is 35.1 Å². The average molecular weight is 357 g/mol. The maximum absolute atomic E-state index is 12.4. The number of methoxy groups -OCH3 is 2. The maximum Gasteiger partial charge on any atom is 0.335 e. The minimum Gasteiger partial charge on any atom is -0.493 e. The molecule has 2 N–H and O–H groups in total. The van der Waals surface area contributed by atoms with Gasteiger partial charge in [0.2, 0.25) is 5.91 Å². The van der Waals surface area contributed by atoms with Gasteiger partial charge in [-0.05, 0) is 43.5 Å². The summed E-state index contributed by atoms with van der Waals surface area (Å²) < 4.78 is 10.4. The van der Waals surface area contributed by atoms with E-state index in [1.807, 2.05) is 26.0 Å². The van der Waals surface area contributed by atoms with E-state index in [4.69, 9.17) is 9.47 Å². The highest BCUT2D eigenvalue weighted by Crippen LogP contribution is 2.36. The molecule has 0 aliphatic carbocycles. The Morgan fingerprint density at radius 1 is 1.08 bits per heavy atom. The molecular formula is C20H23NO5. The third kappa shape index (κ3) is 4.53. The van der Waals surface area contributed by atoms with E-state index in [1.54, 1.807) is 0 Å². The smallest absolute Gasteiger partial charge is 0.335 e. The third-order valence-electron chi connectivity index (χ3n) is 4.12. The fraction of sp³-hybridized carbons (Fsp3) is 0.300. The summed E-state index contributed by atoms with van der Waals surface area (Å²) in [5.74, 6) is -0.806. The number of aryl methyl sites for hydroxylation is 3. The van der Waals surface area contributed by atoms with Gasteiger partial charge in [-0.2, -0.15) is 0 Å². The van der Waals surface area contributed by atoms with Gasteiger partial charge in [-0.15, -0.1) is 0 Å². The molecule has 0 aromatic heterocycles. The van der Waals surface area contributed by atoms with Gasteiger partial charge in [0.25, 0.3) is 0 Å². The van der Waals surface area contributed by atoms with Crippen molar-refractivity contribution in [3.8, 4) is 11.5 Å². The van der Waals surface area contributed by atoms with Gasteiger partial charge in [-0.1, -0.05) is 23.8 Å². The van der Waals surface area contributed by atoms with Gasteiger partial charge < -0.3 is 19.9 Å². The van der Waals surface area contributed by atoms with Crippen molar-refractivity contribution < 1.29 is 24.2 Å². The van der Waals surface area contributed by atoms with Crippen LogP contribution in [0.25, 0.3) is 0 Å². The number of carbonyl (C=O) groups excluding carboxylic acids is 1. The van der Waals surface area contributed by atoms with Crippen LogP contribution in [0, 0.1) is 13.8 Å². The molecule has 6 nitrogen and oxygen atoms in total. The van der Waals surface area contributed by atoms with Crippen molar-refractivity contribution >= 4 is 17.6 Å². The van der Waals surface area contributed by atoms with Crippen LogP contribution in [-0.4, -0.2) is 31.2 Å². The molecule has 2 rings (SSSR count). The molecule has 6 heteroatoms. The third-order valence-corrected chi connectivity index (χ3v) is 4.12. The largest absolute Gasteiger partial charge is 0.493 e. The van der Waals surface area contributed by atoms with Gasteiger partial charge in [-0.25, -0.2) is 4.79 Å². The van der Waals surface area contributed by atoms with E-state index >= 15 is 0 Å². The number of anilines is 1. The summed E-state index contributed by atoms with van der Waals surface area (Å²) in [6, 6.07) is 8.83. The van der Waals surface area contributed by atoms with Crippen LogP contribution >= 0.6 is 0 Å². The zero-order chi connectivity index (χ0) is 19.3. The number of aromatic carboxylic acids is 1. The van der Waals surface area contributed by atoms with Crippen molar-refractivity contribution in [1.29, 1.82) is 0 Å². The van der Waals surface area contributed by atoms with Gasteiger partial charge in [-0.3, -0.25) is 4.79 Å². The fourth-order valence-electron chi connectivity index (χ4n) is 2.77. The van der Waals surface area contributed by atoms with Crippen LogP contribution in [0.3, 0.4) is 0 Å². The Morgan fingerprint density at radius 3 is 2.38 bits per heavy atom. The lowest BCUT2D eigenvalue weighted by molar-refractivity contribution is -0.116. The molecule has 0 spiro atoms. The van der Waals surface area contributed by atoms with Crippen LogP contribution in [0.2, 0.25) is 0 Å². The molecule has 0 fully saturated rings. The normalized spacial score (nSPS) is 10.3. The summed E-state index contributed by atoms with van der Waals surface area (Å²) in [5.41, 5.74) is 3.71. The predicted octanol–water partition coefficient (Wildman–Crippen LogP) is 3.59. The first-order valence-electron chi connectivity index (χ1n) is 8.21. The summed E-state index contributed by atoms with van der Waals surface area (Å²) in [5, 5.41) is 11.9. The molecule has 2 aromatic rings. The van der Waals surface area contributed by atoms with Crippen molar-refractivity contribution in [1.82, 2.24) is 0 Å². The molecule has 138 valence electrons. The molecule has 1 amide bonds. The minimum atomic E-state index is -1.11. The molecule has 2 aromatic carbocycles. The molecular weight excluding hydrogens is 334 g/mol. The lowest BCUT2D eigenvalue weighted by Gasteiger charge is -2.15. The highest BCUT2D eigenvalue weighted by atomic mass is 16.5. The summed E-state index contributed by atoms with van der Waals surface area (Å²) in [6.45, 7) is 4.04. The van der Waals surface area contributed by atoms with E-state index in [0.29, 0.717) is 6.42 Å². The zero-order valence-electron chi connectivity index (χ0n) is 15.4. The van der Waals surface area contributed by atoms with Gasteiger partial charge in [0, 0.05) is 6.42 Å². The zero-order valence-corrected chi connectivity index (χ0v) is 15.4. The molecule has 0 radical (unpaired) electrons. The number of benzene rings is 2. The Morgan fingerprint density at radius 2 is 1.81 bits per heavy atom. The van der Waals surface area contributed by atoms with Gasteiger partial charge in [0.05, 0.1) is 25.5 Å². The lowest BCUT2D eigenvalue weighted by Crippen LogP contribution is -2.14. The summed E-state index contributed by atoms with van der Waals surface area (Å²) >= 11 is 0. The van der Waals surface area contributed by atoms with Gasteiger partial charge in [0.1, 0.15) is 0 Å². The number of carboxylic acids is 1. The van der Waals surface area contributed by atoms with Crippen LogP contribution in [0.4, 0.5) is 5.69 Å². The Labute approximate surface area is 152 Å². The van der Waals surface area contributed by atoms with Crippen LogP contribution in [-0.2, 0) is 11.2 Å². The number of carbonyl (C=O) groups is 2. The van der Waals surface area contributed by atoms with E-state index in [2.05, 4.69) is 11.4 Å². The first-order chi connectivity index (χ1) is 12.3. The monoisotopic (exact) mass is 357 g/mol. The van der Waals surface area contributed by atoms with Crippen molar-refractivity contribution in [2.45, 2.75) is 26.7 Å².